The Bertz CT molecular complexity index is 672. The summed E-state index contributed by atoms with van der Waals surface area (Å²) in [6.07, 6.45) is 4.37. The lowest BCUT2D eigenvalue weighted by Gasteiger charge is -2.37. The SMILES string of the molecule is CCCOc1ccc(CN=C(NCC)N2CCN(C(=O)C3CCCO3)CC2)cn1.I. The molecule has 0 saturated carbocycles. The van der Waals surface area contributed by atoms with Crippen molar-refractivity contribution in [2.75, 3.05) is 45.9 Å². The topological polar surface area (TPSA) is 79.3 Å². The van der Waals surface area contributed by atoms with E-state index in [4.69, 9.17) is 14.5 Å². The Morgan fingerprint density at radius 3 is 2.63 bits per heavy atom. The van der Waals surface area contributed by atoms with Crippen molar-refractivity contribution >= 4 is 35.8 Å². The monoisotopic (exact) mass is 531 g/mol. The van der Waals surface area contributed by atoms with E-state index in [9.17, 15) is 4.79 Å². The first-order valence-electron chi connectivity index (χ1n) is 10.7. The lowest BCUT2D eigenvalue weighted by atomic mass is 10.2. The molecular formula is C21H34IN5O3. The van der Waals surface area contributed by atoms with Gasteiger partial charge in [0.05, 0.1) is 13.2 Å². The van der Waals surface area contributed by atoms with E-state index in [-0.39, 0.29) is 36.0 Å². The second kappa shape index (κ2) is 12.9. The summed E-state index contributed by atoms with van der Waals surface area (Å²) in [5.41, 5.74) is 1.04. The molecule has 0 spiro atoms. The zero-order valence-corrected chi connectivity index (χ0v) is 20.3. The van der Waals surface area contributed by atoms with Gasteiger partial charge in [-0.3, -0.25) is 4.79 Å². The summed E-state index contributed by atoms with van der Waals surface area (Å²) >= 11 is 0. The van der Waals surface area contributed by atoms with Gasteiger partial charge in [0.15, 0.2) is 5.96 Å². The molecule has 0 radical (unpaired) electrons. The van der Waals surface area contributed by atoms with E-state index in [1.54, 1.807) is 0 Å². The highest BCUT2D eigenvalue weighted by atomic mass is 127. The number of hydrogen-bond acceptors (Lipinski definition) is 5. The molecule has 1 aromatic heterocycles. The van der Waals surface area contributed by atoms with E-state index >= 15 is 0 Å². The standard InChI is InChI=1S/C21H33N5O3.HI/c1-3-13-29-19-8-7-17(15-23-19)16-24-21(22-4-2)26-11-9-25(10-12-26)20(27)18-6-5-14-28-18;/h7-8,15,18H,3-6,9-14,16H2,1-2H3,(H,22,24);1H. The van der Waals surface area contributed by atoms with Crippen LogP contribution >= 0.6 is 24.0 Å². The van der Waals surface area contributed by atoms with Crippen LogP contribution in [-0.2, 0) is 16.1 Å². The maximum absolute atomic E-state index is 12.5. The van der Waals surface area contributed by atoms with Crippen molar-refractivity contribution in [2.45, 2.75) is 45.8 Å². The van der Waals surface area contributed by atoms with E-state index in [0.717, 1.165) is 50.4 Å². The summed E-state index contributed by atoms with van der Waals surface area (Å²) in [5, 5.41) is 3.36. The number of nitrogens with one attached hydrogen (secondary N) is 1. The minimum Gasteiger partial charge on any atom is -0.478 e. The van der Waals surface area contributed by atoms with Crippen molar-refractivity contribution in [3.05, 3.63) is 23.9 Å². The molecule has 9 heteroatoms. The van der Waals surface area contributed by atoms with Crippen LogP contribution in [0.1, 0.15) is 38.7 Å². The molecule has 0 aromatic carbocycles. The maximum atomic E-state index is 12.5. The third-order valence-corrected chi connectivity index (χ3v) is 5.09. The molecule has 3 rings (SSSR count). The fraction of sp³-hybridized carbons (Fsp3) is 0.667. The predicted molar refractivity (Wildman–Crippen MR) is 127 cm³/mol. The second-order valence-electron chi connectivity index (χ2n) is 7.34. The predicted octanol–water partition coefficient (Wildman–Crippen LogP) is 2.28. The molecule has 30 heavy (non-hydrogen) atoms. The number of rotatable bonds is 7. The number of carbonyl (C=O) groups is 1. The molecule has 1 aromatic rings. The number of carbonyl (C=O) groups excluding carboxylic acids is 1. The van der Waals surface area contributed by atoms with Crippen LogP contribution in [0.15, 0.2) is 23.3 Å². The van der Waals surface area contributed by atoms with Crippen molar-refractivity contribution in [1.82, 2.24) is 20.1 Å². The number of guanidine groups is 1. The van der Waals surface area contributed by atoms with Crippen LogP contribution in [0.25, 0.3) is 0 Å². The van der Waals surface area contributed by atoms with Crippen molar-refractivity contribution in [2.24, 2.45) is 4.99 Å². The molecule has 2 aliphatic heterocycles. The van der Waals surface area contributed by atoms with Gasteiger partial charge in [0.1, 0.15) is 6.10 Å². The van der Waals surface area contributed by atoms with Gasteiger partial charge < -0.3 is 24.6 Å². The molecule has 2 aliphatic rings. The van der Waals surface area contributed by atoms with E-state index < -0.39 is 0 Å². The number of hydrogen-bond donors (Lipinski definition) is 1. The Balaban J connectivity index is 0.00000320. The van der Waals surface area contributed by atoms with Gasteiger partial charge in [0.2, 0.25) is 5.88 Å². The average molecular weight is 531 g/mol. The van der Waals surface area contributed by atoms with Gasteiger partial charge in [-0.2, -0.15) is 0 Å². The normalized spacial score (nSPS) is 19.4. The van der Waals surface area contributed by atoms with Crippen molar-refractivity contribution in [1.29, 1.82) is 0 Å². The number of piperazine rings is 1. The Morgan fingerprint density at radius 2 is 2.03 bits per heavy atom. The number of ether oxygens (including phenoxy) is 2. The van der Waals surface area contributed by atoms with Crippen LogP contribution in [0.4, 0.5) is 0 Å². The molecule has 1 unspecified atom stereocenters. The zero-order chi connectivity index (χ0) is 20.5. The van der Waals surface area contributed by atoms with Gasteiger partial charge in [-0.25, -0.2) is 9.98 Å². The quantitative estimate of drug-likeness (QED) is 0.331. The van der Waals surface area contributed by atoms with Gasteiger partial charge in [0.25, 0.3) is 5.91 Å². The Labute approximate surface area is 196 Å². The first kappa shape index (κ1) is 24.6. The molecule has 8 nitrogen and oxygen atoms in total. The number of aromatic nitrogens is 1. The third-order valence-electron chi connectivity index (χ3n) is 5.09. The van der Waals surface area contributed by atoms with Crippen LogP contribution in [0.3, 0.4) is 0 Å². The van der Waals surface area contributed by atoms with Crippen LogP contribution in [-0.4, -0.2) is 78.7 Å². The zero-order valence-electron chi connectivity index (χ0n) is 18.0. The van der Waals surface area contributed by atoms with Crippen molar-refractivity contribution in [3.63, 3.8) is 0 Å². The minimum atomic E-state index is -0.236. The third kappa shape index (κ3) is 6.97. The molecule has 1 N–H and O–H groups in total. The largest absolute Gasteiger partial charge is 0.478 e. The first-order chi connectivity index (χ1) is 14.2. The van der Waals surface area contributed by atoms with Crippen LogP contribution in [0, 0.1) is 0 Å². The highest BCUT2D eigenvalue weighted by Crippen LogP contribution is 2.16. The smallest absolute Gasteiger partial charge is 0.251 e. The molecule has 0 aliphatic carbocycles. The van der Waals surface area contributed by atoms with Gasteiger partial charge in [-0.1, -0.05) is 13.0 Å². The molecule has 3 heterocycles. The van der Waals surface area contributed by atoms with Gasteiger partial charge in [0, 0.05) is 51.6 Å². The van der Waals surface area contributed by atoms with Crippen LogP contribution in [0.5, 0.6) is 5.88 Å². The summed E-state index contributed by atoms with van der Waals surface area (Å²) in [4.78, 5) is 25.8. The highest BCUT2D eigenvalue weighted by Gasteiger charge is 2.30. The number of halogens is 1. The molecule has 1 amide bonds. The summed E-state index contributed by atoms with van der Waals surface area (Å²) in [7, 11) is 0. The number of aliphatic imine (C=N–C) groups is 1. The van der Waals surface area contributed by atoms with Crippen LogP contribution in [0.2, 0.25) is 0 Å². The van der Waals surface area contributed by atoms with E-state index in [1.807, 2.05) is 23.2 Å². The molecule has 2 saturated heterocycles. The number of amides is 1. The van der Waals surface area contributed by atoms with Crippen molar-refractivity contribution in [3.8, 4) is 5.88 Å². The highest BCUT2D eigenvalue weighted by molar-refractivity contribution is 14.0. The maximum Gasteiger partial charge on any atom is 0.251 e. The minimum absolute atomic E-state index is 0. The number of pyridine rings is 1. The van der Waals surface area contributed by atoms with Gasteiger partial charge >= 0.3 is 0 Å². The Morgan fingerprint density at radius 1 is 1.27 bits per heavy atom. The first-order valence-corrected chi connectivity index (χ1v) is 10.7. The molecule has 168 valence electrons. The second-order valence-corrected chi connectivity index (χ2v) is 7.34. The molecule has 1 atom stereocenters. The van der Waals surface area contributed by atoms with E-state index in [2.05, 4.69) is 29.0 Å². The van der Waals surface area contributed by atoms with Gasteiger partial charge in [-0.15, -0.1) is 24.0 Å². The molecule has 2 fully saturated rings. The lowest BCUT2D eigenvalue weighted by molar-refractivity contribution is -0.142. The van der Waals surface area contributed by atoms with Gasteiger partial charge in [-0.05, 0) is 31.7 Å². The summed E-state index contributed by atoms with van der Waals surface area (Å²) < 4.78 is 11.1. The average Bonchev–Trinajstić information content (AvgIpc) is 3.30. The fourth-order valence-electron chi connectivity index (χ4n) is 3.50. The Hall–Kier alpha value is -1.62. The Kier molecular flexibility index (Phi) is 10.6. The molecule has 0 bridgehead atoms. The summed E-state index contributed by atoms with van der Waals surface area (Å²) in [6, 6.07) is 3.90. The molecular weight excluding hydrogens is 497 g/mol. The van der Waals surface area contributed by atoms with E-state index in [0.29, 0.717) is 38.7 Å². The van der Waals surface area contributed by atoms with Crippen LogP contribution < -0.4 is 10.1 Å². The lowest BCUT2D eigenvalue weighted by Crippen LogP contribution is -2.55. The van der Waals surface area contributed by atoms with Crippen molar-refractivity contribution < 1.29 is 14.3 Å². The summed E-state index contributed by atoms with van der Waals surface area (Å²) in [5.74, 6) is 1.67. The fourth-order valence-corrected chi connectivity index (χ4v) is 3.50. The summed E-state index contributed by atoms with van der Waals surface area (Å²) in [6.45, 7) is 9.82. The van der Waals surface area contributed by atoms with E-state index in [1.165, 1.54) is 0 Å². The number of nitrogens with zero attached hydrogens (tertiary/aromatic N) is 4.